The molecule has 1 atom stereocenters. The van der Waals surface area contributed by atoms with Gasteiger partial charge in [-0.2, -0.15) is 5.10 Å². The average molecular weight is 359 g/mol. The van der Waals surface area contributed by atoms with E-state index in [1.165, 1.54) is 19.3 Å². The van der Waals surface area contributed by atoms with E-state index in [2.05, 4.69) is 29.7 Å². The van der Waals surface area contributed by atoms with E-state index >= 15 is 0 Å². The smallest absolute Gasteiger partial charge is 0.147 e. The van der Waals surface area contributed by atoms with E-state index in [0.29, 0.717) is 13.1 Å². The monoisotopic (exact) mass is 359 g/mol. The van der Waals surface area contributed by atoms with Gasteiger partial charge in [0.15, 0.2) is 0 Å². The summed E-state index contributed by atoms with van der Waals surface area (Å²) in [5, 5.41) is 23.3. The van der Waals surface area contributed by atoms with Crippen LogP contribution in [-0.2, 0) is 26.1 Å². The maximum Gasteiger partial charge on any atom is 0.147 e. The number of aliphatic hydroxyl groups is 1. The van der Waals surface area contributed by atoms with Gasteiger partial charge in [-0.05, 0) is 18.9 Å². The first-order valence-electron chi connectivity index (χ1n) is 9.79. The van der Waals surface area contributed by atoms with E-state index in [1.807, 2.05) is 12.3 Å². The Morgan fingerprint density at radius 1 is 0.962 bits per heavy atom. The molecule has 2 aliphatic rings. The minimum Gasteiger partial charge on any atom is -0.390 e. The van der Waals surface area contributed by atoms with Crippen molar-refractivity contribution in [1.82, 2.24) is 34.3 Å². The molecule has 0 saturated carbocycles. The zero-order valence-electron chi connectivity index (χ0n) is 15.4. The zero-order chi connectivity index (χ0) is 17.8. The molecule has 0 aromatic carbocycles. The molecule has 142 valence electrons. The highest BCUT2D eigenvalue weighted by molar-refractivity contribution is 4.98. The summed E-state index contributed by atoms with van der Waals surface area (Å²) in [7, 11) is 0. The van der Waals surface area contributed by atoms with E-state index in [0.717, 1.165) is 57.3 Å². The highest BCUT2D eigenvalue weighted by Crippen LogP contribution is 2.16. The number of piperazine rings is 1. The van der Waals surface area contributed by atoms with Crippen molar-refractivity contribution in [3.05, 3.63) is 30.1 Å². The Hall–Kier alpha value is -1.77. The number of fused-ring (bicyclic) bond motifs is 1. The summed E-state index contributed by atoms with van der Waals surface area (Å²) in [5.41, 5.74) is 0. The second kappa shape index (κ2) is 8.28. The SMILES string of the molecule is OC(CN1CCN(Cc2nnc3n2CCCCC3)CC1)Cn1cccn1. The molecular formula is C18H29N7O. The van der Waals surface area contributed by atoms with Crippen LogP contribution in [0.3, 0.4) is 0 Å². The van der Waals surface area contributed by atoms with Gasteiger partial charge < -0.3 is 9.67 Å². The lowest BCUT2D eigenvalue weighted by atomic mass is 10.2. The van der Waals surface area contributed by atoms with Gasteiger partial charge in [-0.15, -0.1) is 10.2 Å². The van der Waals surface area contributed by atoms with Gasteiger partial charge in [-0.3, -0.25) is 14.5 Å². The molecule has 2 aliphatic heterocycles. The Morgan fingerprint density at radius 3 is 2.62 bits per heavy atom. The molecule has 2 aromatic rings. The van der Waals surface area contributed by atoms with Crippen LogP contribution in [0.25, 0.3) is 0 Å². The highest BCUT2D eigenvalue weighted by Gasteiger charge is 2.22. The van der Waals surface area contributed by atoms with Gasteiger partial charge in [0.1, 0.15) is 11.6 Å². The van der Waals surface area contributed by atoms with Crippen LogP contribution < -0.4 is 0 Å². The highest BCUT2D eigenvalue weighted by atomic mass is 16.3. The van der Waals surface area contributed by atoms with Crippen molar-refractivity contribution in [3.8, 4) is 0 Å². The average Bonchev–Trinajstić information content (AvgIpc) is 3.21. The van der Waals surface area contributed by atoms with Crippen LogP contribution in [0.15, 0.2) is 18.5 Å². The molecule has 0 bridgehead atoms. The molecule has 1 fully saturated rings. The van der Waals surface area contributed by atoms with Crippen LogP contribution in [0.1, 0.15) is 30.9 Å². The number of rotatable bonds is 6. The minimum absolute atomic E-state index is 0.381. The van der Waals surface area contributed by atoms with Gasteiger partial charge in [0.05, 0.1) is 19.2 Å². The second-order valence-corrected chi connectivity index (χ2v) is 7.45. The van der Waals surface area contributed by atoms with E-state index in [-0.39, 0.29) is 6.10 Å². The summed E-state index contributed by atoms with van der Waals surface area (Å²) < 4.78 is 4.13. The van der Waals surface area contributed by atoms with Crippen molar-refractivity contribution in [2.75, 3.05) is 32.7 Å². The third kappa shape index (κ3) is 4.31. The lowest BCUT2D eigenvalue weighted by Gasteiger charge is -2.35. The first-order valence-corrected chi connectivity index (χ1v) is 9.79. The summed E-state index contributed by atoms with van der Waals surface area (Å²) in [6.07, 6.45) is 8.09. The predicted molar refractivity (Wildman–Crippen MR) is 97.5 cm³/mol. The summed E-state index contributed by atoms with van der Waals surface area (Å²) in [6.45, 7) is 7.20. The van der Waals surface area contributed by atoms with Crippen LogP contribution in [0.4, 0.5) is 0 Å². The first-order chi connectivity index (χ1) is 12.8. The normalized spacial score (nSPS) is 20.7. The van der Waals surface area contributed by atoms with Gasteiger partial charge in [0.2, 0.25) is 0 Å². The molecule has 0 spiro atoms. The van der Waals surface area contributed by atoms with Crippen molar-refractivity contribution >= 4 is 0 Å². The molecule has 4 rings (SSSR count). The third-order valence-electron chi connectivity index (χ3n) is 5.44. The fraction of sp³-hybridized carbons (Fsp3) is 0.722. The molecular weight excluding hydrogens is 330 g/mol. The van der Waals surface area contributed by atoms with E-state index in [4.69, 9.17) is 0 Å². The molecule has 26 heavy (non-hydrogen) atoms. The van der Waals surface area contributed by atoms with Crippen LogP contribution in [0.5, 0.6) is 0 Å². The first kappa shape index (κ1) is 17.6. The van der Waals surface area contributed by atoms with Crippen molar-refractivity contribution in [2.45, 2.75) is 51.4 Å². The third-order valence-corrected chi connectivity index (χ3v) is 5.44. The maximum absolute atomic E-state index is 10.3. The molecule has 8 nitrogen and oxygen atoms in total. The van der Waals surface area contributed by atoms with Gasteiger partial charge in [0, 0.05) is 58.1 Å². The van der Waals surface area contributed by atoms with E-state index in [9.17, 15) is 5.11 Å². The zero-order valence-corrected chi connectivity index (χ0v) is 15.4. The quantitative estimate of drug-likeness (QED) is 0.804. The largest absolute Gasteiger partial charge is 0.390 e. The van der Waals surface area contributed by atoms with Crippen molar-refractivity contribution in [2.24, 2.45) is 0 Å². The Bertz CT molecular complexity index is 676. The standard InChI is InChI=1S/C18H29N7O/c26-16(14-24-7-4-6-19-24)13-22-9-11-23(12-10-22)15-18-21-20-17-5-2-1-3-8-25(17)18/h4,6-7,16,26H,1-3,5,8-15H2. The molecule has 8 heteroatoms. The van der Waals surface area contributed by atoms with E-state index < -0.39 is 0 Å². The molecule has 0 aliphatic carbocycles. The number of hydrogen-bond acceptors (Lipinski definition) is 6. The summed E-state index contributed by atoms with van der Waals surface area (Å²) in [5.74, 6) is 2.28. The Labute approximate surface area is 154 Å². The van der Waals surface area contributed by atoms with Crippen LogP contribution in [0, 0.1) is 0 Å². The van der Waals surface area contributed by atoms with Crippen LogP contribution in [0.2, 0.25) is 0 Å². The molecule has 2 aromatic heterocycles. The van der Waals surface area contributed by atoms with Crippen LogP contribution >= 0.6 is 0 Å². The maximum atomic E-state index is 10.3. The van der Waals surface area contributed by atoms with Crippen LogP contribution in [-0.4, -0.2) is 78.3 Å². The van der Waals surface area contributed by atoms with Gasteiger partial charge in [0.25, 0.3) is 0 Å². The number of aromatic nitrogens is 5. The number of aliphatic hydroxyl groups excluding tert-OH is 1. The van der Waals surface area contributed by atoms with Crippen molar-refractivity contribution in [3.63, 3.8) is 0 Å². The van der Waals surface area contributed by atoms with E-state index in [1.54, 1.807) is 10.9 Å². The fourth-order valence-corrected chi connectivity index (χ4v) is 3.97. The number of hydrogen-bond donors (Lipinski definition) is 1. The number of β-amino-alcohol motifs (C(OH)–C–C–N with tert-alkyl or cyclic N) is 1. The molecule has 0 radical (unpaired) electrons. The minimum atomic E-state index is -0.381. The molecule has 4 heterocycles. The summed E-state index contributed by atoms with van der Waals surface area (Å²) >= 11 is 0. The topological polar surface area (TPSA) is 75.2 Å². The lowest BCUT2D eigenvalue weighted by molar-refractivity contribution is 0.0595. The van der Waals surface area contributed by atoms with Gasteiger partial charge >= 0.3 is 0 Å². The summed E-state index contributed by atoms with van der Waals surface area (Å²) in [4.78, 5) is 4.80. The Kier molecular flexibility index (Phi) is 5.62. The van der Waals surface area contributed by atoms with Crippen molar-refractivity contribution < 1.29 is 5.11 Å². The molecule has 1 saturated heterocycles. The molecule has 1 unspecified atom stereocenters. The van der Waals surface area contributed by atoms with Gasteiger partial charge in [-0.25, -0.2) is 0 Å². The fourth-order valence-electron chi connectivity index (χ4n) is 3.97. The Balaban J connectivity index is 1.24. The summed E-state index contributed by atoms with van der Waals surface area (Å²) in [6, 6.07) is 1.89. The lowest BCUT2D eigenvalue weighted by Crippen LogP contribution is -2.48. The molecule has 1 N–H and O–H groups in total. The second-order valence-electron chi connectivity index (χ2n) is 7.45. The van der Waals surface area contributed by atoms with Gasteiger partial charge in [-0.1, -0.05) is 6.42 Å². The number of aryl methyl sites for hydroxylation is 1. The molecule has 0 amide bonds. The predicted octanol–water partition coefficient (Wildman–Crippen LogP) is 0.380. The number of nitrogens with zero attached hydrogens (tertiary/aromatic N) is 7. The Morgan fingerprint density at radius 2 is 1.81 bits per heavy atom. The van der Waals surface area contributed by atoms with Crippen molar-refractivity contribution in [1.29, 1.82) is 0 Å².